The van der Waals surface area contributed by atoms with Crippen molar-refractivity contribution in [3.8, 4) is 0 Å². The topological polar surface area (TPSA) is 50.7 Å². The van der Waals surface area contributed by atoms with Crippen LogP contribution in [0.2, 0.25) is 0 Å². The fraction of sp³-hybridized carbons (Fsp3) is 0.235. The first-order chi connectivity index (χ1) is 10.2. The van der Waals surface area contributed by atoms with Gasteiger partial charge in [0.05, 0.1) is 23.1 Å². The number of rotatable bonds is 4. The number of pyridine rings is 1. The third kappa shape index (κ3) is 2.99. The van der Waals surface area contributed by atoms with E-state index in [1.807, 2.05) is 26.1 Å². The van der Waals surface area contributed by atoms with Gasteiger partial charge in [0.15, 0.2) is 0 Å². The summed E-state index contributed by atoms with van der Waals surface area (Å²) in [6.07, 6.45) is 4.53. The van der Waals surface area contributed by atoms with Crippen LogP contribution in [0, 0.1) is 13.8 Å². The molecule has 0 unspecified atom stereocenters. The highest BCUT2D eigenvalue weighted by Crippen LogP contribution is 2.16. The van der Waals surface area contributed by atoms with Gasteiger partial charge in [0.25, 0.3) is 0 Å². The van der Waals surface area contributed by atoms with Crippen LogP contribution >= 0.6 is 0 Å². The minimum Gasteiger partial charge on any atom is -0.368 e. The maximum absolute atomic E-state index is 4.48. The van der Waals surface area contributed by atoms with Crippen molar-refractivity contribution in [1.82, 2.24) is 15.0 Å². The third-order valence-electron chi connectivity index (χ3n) is 3.61. The molecular weight excluding hydrogens is 260 g/mol. The fourth-order valence-electron chi connectivity index (χ4n) is 2.32. The van der Waals surface area contributed by atoms with Crippen molar-refractivity contribution < 1.29 is 0 Å². The maximum atomic E-state index is 4.48. The normalized spacial score (nSPS) is 10.8. The molecule has 0 aliphatic carbocycles. The molecule has 0 aliphatic heterocycles. The van der Waals surface area contributed by atoms with E-state index in [1.165, 1.54) is 10.9 Å². The van der Waals surface area contributed by atoms with Crippen molar-refractivity contribution in [3.63, 3.8) is 0 Å². The SMILES string of the molecule is Cc1ncc(NCCc2cccc3cccnc23)nc1C. The maximum Gasteiger partial charge on any atom is 0.144 e. The van der Waals surface area contributed by atoms with Crippen molar-refractivity contribution in [2.45, 2.75) is 20.3 Å². The smallest absolute Gasteiger partial charge is 0.144 e. The van der Waals surface area contributed by atoms with Crippen molar-refractivity contribution in [1.29, 1.82) is 0 Å². The molecule has 1 N–H and O–H groups in total. The molecule has 106 valence electrons. The zero-order valence-electron chi connectivity index (χ0n) is 12.3. The van der Waals surface area contributed by atoms with Gasteiger partial charge in [-0.1, -0.05) is 24.3 Å². The molecule has 2 heterocycles. The van der Waals surface area contributed by atoms with Crippen LogP contribution in [0.4, 0.5) is 5.82 Å². The van der Waals surface area contributed by atoms with Gasteiger partial charge in [-0.15, -0.1) is 0 Å². The van der Waals surface area contributed by atoms with Gasteiger partial charge in [0.2, 0.25) is 0 Å². The molecule has 0 radical (unpaired) electrons. The summed E-state index contributed by atoms with van der Waals surface area (Å²) in [5.41, 5.74) is 4.26. The molecule has 4 nitrogen and oxygen atoms in total. The van der Waals surface area contributed by atoms with Crippen molar-refractivity contribution in [2.75, 3.05) is 11.9 Å². The lowest BCUT2D eigenvalue weighted by Crippen LogP contribution is -2.08. The largest absolute Gasteiger partial charge is 0.368 e. The molecule has 0 saturated heterocycles. The summed E-state index contributed by atoms with van der Waals surface area (Å²) in [6.45, 7) is 4.75. The zero-order valence-corrected chi connectivity index (χ0v) is 12.3. The van der Waals surface area contributed by atoms with E-state index in [0.717, 1.165) is 35.7 Å². The Morgan fingerprint density at radius 1 is 1.00 bits per heavy atom. The van der Waals surface area contributed by atoms with Gasteiger partial charge in [-0.2, -0.15) is 0 Å². The Bertz CT molecular complexity index is 762. The first-order valence-corrected chi connectivity index (χ1v) is 7.11. The van der Waals surface area contributed by atoms with Crippen LogP contribution in [0.15, 0.2) is 42.7 Å². The van der Waals surface area contributed by atoms with E-state index in [2.05, 4.69) is 44.5 Å². The highest BCUT2D eigenvalue weighted by atomic mass is 15.0. The Hall–Kier alpha value is -2.49. The molecule has 0 saturated carbocycles. The molecule has 0 aliphatic rings. The number of hydrogen-bond donors (Lipinski definition) is 1. The van der Waals surface area contributed by atoms with E-state index in [0.29, 0.717) is 0 Å². The lowest BCUT2D eigenvalue weighted by Gasteiger charge is -2.08. The van der Waals surface area contributed by atoms with Crippen LogP contribution in [0.5, 0.6) is 0 Å². The first kappa shape index (κ1) is 13.5. The molecule has 3 rings (SSSR count). The van der Waals surface area contributed by atoms with E-state index >= 15 is 0 Å². The Morgan fingerprint density at radius 2 is 1.86 bits per heavy atom. The van der Waals surface area contributed by atoms with Gasteiger partial charge in [-0.3, -0.25) is 9.97 Å². The second-order valence-corrected chi connectivity index (χ2v) is 5.10. The number of para-hydroxylation sites is 1. The minimum atomic E-state index is 0.812. The Kier molecular flexibility index (Phi) is 3.77. The highest BCUT2D eigenvalue weighted by molar-refractivity contribution is 5.81. The summed E-state index contributed by atoms with van der Waals surface area (Å²) in [4.78, 5) is 13.3. The number of anilines is 1. The predicted molar refractivity (Wildman–Crippen MR) is 85.4 cm³/mol. The number of aromatic nitrogens is 3. The van der Waals surface area contributed by atoms with Crippen molar-refractivity contribution >= 4 is 16.7 Å². The van der Waals surface area contributed by atoms with Gasteiger partial charge in [-0.05, 0) is 31.9 Å². The average Bonchev–Trinajstić information content (AvgIpc) is 2.51. The van der Waals surface area contributed by atoms with E-state index in [4.69, 9.17) is 0 Å². The summed E-state index contributed by atoms with van der Waals surface area (Å²) in [5.74, 6) is 0.825. The summed E-state index contributed by atoms with van der Waals surface area (Å²) < 4.78 is 0. The predicted octanol–water partition coefficient (Wildman–Crippen LogP) is 3.30. The van der Waals surface area contributed by atoms with Gasteiger partial charge >= 0.3 is 0 Å². The van der Waals surface area contributed by atoms with E-state index < -0.39 is 0 Å². The monoisotopic (exact) mass is 278 g/mol. The van der Waals surface area contributed by atoms with Crippen LogP contribution < -0.4 is 5.32 Å². The van der Waals surface area contributed by atoms with E-state index in [9.17, 15) is 0 Å². The number of benzene rings is 1. The number of hydrogen-bond acceptors (Lipinski definition) is 4. The molecule has 3 aromatic rings. The van der Waals surface area contributed by atoms with Crippen LogP contribution in [0.25, 0.3) is 10.9 Å². The lowest BCUT2D eigenvalue weighted by atomic mass is 10.1. The van der Waals surface area contributed by atoms with Crippen LogP contribution in [-0.2, 0) is 6.42 Å². The molecule has 0 amide bonds. The van der Waals surface area contributed by atoms with Gasteiger partial charge in [0, 0.05) is 18.1 Å². The number of nitrogens with zero attached hydrogens (tertiary/aromatic N) is 3. The quantitative estimate of drug-likeness (QED) is 0.795. The summed E-state index contributed by atoms with van der Waals surface area (Å²) in [5, 5.41) is 4.51. The molecule has 4 heteroatoms. The Morgan fingerprint density at radius 3 is 2.71 bits per heavy atom. The molecule has 21 heavy (non-hydrogen) atoms. The minimum absolute atomic E-state index is 0.812. The molecule has 0 atom stereocenters. The number of aryl methyl sites for hydroxylation is 2. The molecule has 0 spiro atoms. The summed E-state index contributed by atoms with van der Waals surface area (Å²) >= 11 is 0. The molecule has 0 fully saturated rings. The van der Waals surface area contributed by atoms with Gasteiger partial charge < -0.3 is 5.32 Å². The fourth-order valence-corrected chi connectivity index (χ4v) is 2.32. The zero-order chi connectivity index (χ0) is 14.7. The Balaban J connectivity index is 1.70. The molecule has 0 bridgehead atoms. The highest BCUT2D eigenvalue weighted by Gasteiger charge is 2.03. The van der Waals surface area contributed by atoms with Crippen molar-refractivity contribution in [2.24, 2.45) is 0 Å². The molecular formula is C17H18N4. The summed E-state index contributed by atoms with van der Waals surface area (Å²) in [6, 6.07) is 10.4. The second kappa shape index (κ2) is 5.87. The number of fused-ring (bicyclic) bond motifs is 1. The lowest BCUT2D eigenvalue weighted by molar-refractivity contribution is 0.980. The second-order valence-electron chi connectivity index (χ2n) is 5.10. The van der Waals surface area contributed by atoms with Crippen LogP contribution in [0.1, 0.15) is 17.0 Å². The van der Waals surface area contributed by atoms with E-state index in [-0.39, 0.29) is 0 Å². The van der Waals surface area contributed by atoms with Crippen LogP contribution in [0.3, 0.4) is 0 Å². The summed E-state index contributed by atoms with van der Waals surface area (Å²) in [7, 11) is 0. The van der Waals surface area contributed by atoms with E-state index in [1.54, 1.807) is 6.20 Å². The standard InChI is InChI=1S/C17H18N4/c1-12-13(2)21-16(11-20-12)18-10-8-15-6-3-5-14-7-4-9-19-17(14)15/h3-7,9,11H,8,10H2,1-2H3,(H,18,21). The van der Waals surface area contributed by atoms with Gasteiger partial charge in [-0.25, -0.2) is 4.98 Å². The van der Waals surface area contributed by atoms with Crippen molar-refractivity contribution in [3.05, 3.63) is 59.7 Å². The number of nitrogens with one attached hydrogen (secondary N) is 1. The molecule has 2 aromatic heterocycles. The Labute approximate surface area is 124 Å². The van der Waals surface area contributed by atoms with Crippen LogP contribution in [-0.4, -0.2) is 21.5 Å². The molecule has 1 aromatic carbocycles. The first-order valence-electron chi connectivity index (χ1n) is 7.11. The average molecular weight is 278 g/mol. The van der Waals surface area contributed by atoms with Gasteiger partial charge in [0.1, 0.15) is 5.82 Å². The third-order valence-corrected chi connectivity index (χ3v) is 3.61.